The molecule has 29 heavy (non-hydrogen) atoms. The first-order valence-electron chi connectivity index (χ1n) is 8.68. The van der Waals surface area contributed by atoms with Gasteiger partial charge in [-0.25, -0.2) is 5.43 Å². The van der Waals surface area contributed by atoms with Gasteiger partial charge in [-0.2, -0.15) is 5.10 Å². The molecule has 7 nitrogen and oxygen atoms in total. The fourth-order valence-electron chi connectivity index (χ4n) is 2.39. The van der Waals surface area contributed by atoms with Gasteiger partial charge in [0.1, 0.15) is 11.5 Å². The lowest BCUT2D eigenvalue weighted by Crippen LogP contribution is -2.18. The van der Waals surface area contributed by atoms with E-state index in [4.69, 9.17) is 42.1 Å². The number of methoxy groups -OCH3 is 3. The first-order chi connectivity index (χ1) is 14.0. The van der Waals surface area contributed by atoms with Crippen LogP contribution in [0.5, 0.6) is 23.0 Å². The molecule has 0 unspecified atom stereocenters. The molecular weight excluding hydrogens is 419 g/mol. The van der Waals surface area contributed by atoms with Crippen molar-refractivity contribution in [2.45, 2.75) is 12.8 Å². The predicted molar refractivity (Wildman–Crippen MR) is 113 cm³/mol. The van der Waals surface area contributed by atoms with Crippen LogP contribution in [0.3, 0.4) is 0 Å². The third kappa shape index (κ3) is 6.73. The zero-order chi connectivity index (χ0) is 21.2. The molecule has 0 saturated carbocycles. The largest absolute Gasteiger partial charge is 0.496 e. The van der Waals surface area contributed by atoms with Gasteiger partial charge in [-0.3, -0.25) is 4.79 Å². The normalized spacial score (nSPS) is 10.7. The molecule has 2 aromatic carbocycles. The molecule has 1 amide bonds. The van der Waals surface area contributed by atoms with Gasteiger partial charge in [0, 0.05) is 23.1 Å². The highest BCUT2D eigenvalue weighted by atomic mass is 35.5. The number of hydrogen-bond acceptors (Lipinski definition) is 6. The van der Waals surface area contributed by atoms with Gasteiger partial charge in [0.2, 0.25) is 5.91 Å². The molecule has 0 spiro atoms. The average Bonchev–Trinajstić information content (AvgIpc) is 2.71. The van der Waals surface area contributed by atoms with Crippen molar-refractivity contribution in [3.8, 4) is 23.0 Å². The van der Waals surface area contributed by atoms with E-state index >= 15 is 0 Å². The maximum Gasteiger partial charge on any atom is 0.240 e. The number of carbonyl (C=O) groups excluding carboxylic acids is 1. The Hall–Kier alpha value is -2.64. The Kier molecular flexibility index (Phi) is 8.89. The maximum absolute atomic E-state index is 11.9. The number of rotatable bonds is 10. The number of hydrogen-bond donors (Lipinski definition) is 1. The van der Waals surface area contributed by atoms with E-state index in [-0.39, 0.29) is 12.3 Å². The highest BCUT2D eigenvalue weighted by molar-refractivity contribution is 6.35. The second-order valence-electron chi connectivity index (χ2n) is 5.77. The molecule has 2 aromatic rings. The Morgan fingerprint density at radius 3 is 2.34 bits per heavy atom. The minimum Gasteiger partial charge on any atom is -0.496 e. The van der Waals surface area contributed by atoms with Crippen LogP contribution in [0, 0.1) is 0 Å². The minimum absolute atomic E-state index is 0.242. The van der Waals surface area contributed by atoms with Crippen LogP contribution in [0.25, 0.3) is 0 Å². The molecule has 0 heterocycles. The Bertz CT molecular complexity index is 874. The third-order valence-electron chi connectivity index (χ3n) is 3.83. The summed E-state index contributed by atoms with van der Waals surface area (Å²) >= 11 is 11.9. The molecule has 0 radical (unpaired) electrons. The zero-order valence-corrected chi connectivity index (χ0v) is 17.8. The summed E-state index contributed by atoms with van der Waals surface area (Å²) in [4.78, 5) is 11.9. The molecule has 0 fully saturated rings. The van der Waals surface area contributed by atoms with E-state index in [1.165, 1.54) is 27.5 Å². The van der Waals surface area contributed by atoms with Crippen LogP contribution in [-0.2, 0) is 4.79 Å². The van der Waals surface area contributed by atoms with Gasteiger partial charge in [-0.1, -0.05) is 23.2 Å². The standard InChI is InChI=1S/C20H22Cl2N2O5/c1-26-17-11-19(28-3)18(27-2)9-13(17)12-23-24-20(25)5-4-8-29-16-7-6-14(21)10-15(16)22/h6-7,9-12H,4-5,8H2,1-3H3,(H,24,25). The van der Waals surface area contributed by atoms with Crippen molar-refractivity contribution in [2.75, 3.05) is 27.9 Å². The van der Waals surface area contributed by atoms with Crippen molar-refractivity contribution in [3.05, 3.63) is 45.9 Å². The molecule has 1 N–H and O–H groups in total. The van der Waals surface area contributed by atoms with E-state index in [0.29, 0.717) is 51.6 Å². The molecule has 0 aromatic heterocycles. The molecule has 0 saturated heterocycles. The van der Waals surface area contributed by atoms with Crippen LogP contribution in [0.2, 0.25) is 10.0 Å². The molecule has 0 aliphatic rings. The van der Waals surface area contributed by atoms with Crippen LogP contribution in [0.15, 0.2) is 35.4 Å². The number of nitrogens with one attached hydrogen (secondary N) is 1. The fourth-order valence-corrected chi connectivity index (χ4v) is 2.85. The van der Waals surface area contributed by atoms with E-state index in [1.54, 1.807) is 30.3 Å². The summed E-state index contributed by atoms with van der Waals surface area (Å²) in [6.45, 7) is 0.335. The Labute approximate surface area is 179 Å². The number of nitrogens with zero attached hydrogens (tertiary/aromatic N) is 1. The van der Waals surface area contributed by atoms with Gasteiger partial charge < -0.3 is 18.9 Å². The quantitative estimate of drug-likeness (QED) is 0.338. The molecule has 156 valence electrons. The van der Waals surface area contributed by atoms with Gasteiger partial charge in [0.25, 0.3) is 0 Å². The summed E-state index contributed by atoms with van der Waals surface area (Å²) in [6.07, 6.45) is 2.22. The summed E-state index contributed by atoms with van der Waals surface area (Å²) in [5, 5.41) is 4.92. The Morgan fingerprint density at radius 2 is 1.69 bits per heavy atom. The molecule has 0 aliphatic heterocycles. The number of ether oxygens (including phenoxy) is 4. The number of benzene rings is 2. The molecule has 0 atom stereocenters. The van der Waals surface area contributed by atoms with Gasteiger partial charge in [0.05, 0.1) is 39.2 Å². The first kappa shape index (κ1) is 22.6. The van der Waals surface area contributed by atoms with Crippen molar-refractivity contribution in [1.29, 1.82) is 0 Å². The smallest absolute Gasteiger partial charge is 0.240 e. The molecule has 2 rings (SSSR count). The summed E-state index contributed by atoms with van der Waals surface area (Å²) < 4.78 is 21.3. The summed E-state index contributed by atoms with van der Waals surface area (Å²) in [5.41, 5.74) is 3.10. The highest BCUT2D eigenvalue weighted by Crippen LogP contribution is 2.33. The van der Waals surface area contributed by atoms with E-state index in [9.17, 15) is 4.79 Å². The molecule has 9 heteroatoms. The molecular formula is C20H22Cl2N2O5. The van der Waals surface area contributed by atoms with Crippen LogP contribution < -0.4 is 24.4 Å². The van der Waals surface area contributed by atoms with Gasteiger partial charge >= 0.3 is 0 Å². The highest BCUT2D eigenvalue weighted by Gasteiger charge is 2.10. The third-order valence-corrected chi connectivity index (χ3v) is 4.36. The van der Waals surface area contributed by atoms with Gasteiger partial charge in [-0.05, 0) is 30.7 Å². The first-order valence-corrected chi connectivity index (χ1v) is 9.43. The van der Waals surface area contributed by atoms with E-state index in [2.05, 4.69) is 10.5 Å². The lowest BCUT2D eigenvalue weighted by atomic mass is 10.2. The second kappa shape index (κ2) is 11.4. The molecule has 0 aliphatic carbocycles. The monoisotopic (exact) mass is 440 g/mol. The van der Waals surface area contributed by atoms with Gasteiger partial charge in [0.15, 0.2) is 11.5 Å². The van der Waals surface area contributed by atoms with Crippen molar-refractivity contribution in [3.63, 3.8) is 0 Å². The van der Waals surface area contributed by atoms with Crippen LogP contribution in [-0.4, -0.2) is 40.1 Å². The van der Waals surface area contributed by atoms with Crippen LogP contribution in [0.1, 0.15) is 18.4 Å². The maximum atomic E-state index is 11.9. The van der Waals surface area contributed by atoms with Crippen molar-refractivity contribution in [1.82, 2.24) is 5.43 Å². The molecule has 0 bridgehead atoms. The van der Waals surface area contributed by atoms with E-state index < -0.39 is 0 Å². The summed E-state index contributed by atoms with van der Waals surface area (Å²) in [7, 11) is 4.60. The summed E-state index contributed by atoms with van der Waals surface area (Å²) in [6, 6.07) is 8.36. The van der Waals surface area contributed by atoms with Crippen LogP contribution in [0.4, 0.5) is 0 Å². The summed E-state index contributed by atoms with van der Waals surface area (Å²) in [5.74, 6) is 1.88. The van der Waals surface area contributed by atoms with Crippen molar-refractivity contribution >= 4 is 35.3 Å². The van der Waals surface area contributed by atoms with E-state index in [0.717, 1.165) is 0 Å². The number of hydrazone groups is 1. The zero-order valence-electron chi connectivity index (χ0n) is 16.3. The minimum atomic E-state index is -0.244. The number of amides is 1. The lowest BCUT2D eigenvalue weighted by Gasteiger charge is -2.11. The van der Waals surface area contributed by atoms with E-state index in [1.807, 2.05) is 0 Å². The average molecular weight is 441 g/mol. The second-order valence-corrected chi connectivity index (χ2v) is 6.61. The Balaban J connectivity index is 1.83. The predicted octanol–water partition coefficient (Wildman–Crippen LogP) is 4.33. The van der Waals surface area contributed by atoms with Gasteiger partial charge in [-0.15, -0.1) is 0 Å². The lowest BCUT2D eigenvalue weighted by molar-refractivity contribution is -0.121. The fraction of sp³-hybridized carbons (Fsp3) is 0.300. The van der Waals surface area contributed by atoms with Crippen molar-refractivity contribution < 1.29 is 23.7 Å². The number of halogens is 2. The SMILES string of the molecule is COc1cc(OC)c(OC)cc1C=NNC(=O)CCCOc1ccc(Cl)cc1Cl. The topological polar surface area (TPSA) is 78.4 Å². The van der Waals surface area contributed by atoms with Crippen LogP contribution >= 0.6 is 23.2 Å². The number of carbonyl (C=O) groups is 1. The Morgan fingerprint density at radius 1 is 1.00 bits per heavy atom. The van der Waals surface area contributed by atoms with Crippen molar-refractivity contribution in [2.24, 2.45) is 5.10 Å².